The van der Waals surface area contributed by atoms with Crippen molar-refractivity contribution in [3.05, 3.63) is 35.4 Å². The maximum atomic E-state index is 5.55. The van der Waals surface area contributed by atoms with Gasteiger partial charge in [0.05, 0.1) is 6.61 Å². The Morgan fingerprint density at radius 3 is 3.00 bits per heavy atom. The number of ether oxygens (including phenoxy) is 1. The summed E-state index contributed by atoms with van der Waals surface area (Å²) >= 11 is 0. The van der Waals surface area contributed by atoms with E-state index in [2.05, 4.69) is 36.5 Å². The van der Waals surface area contributed by atoms with Gasteiger partial charge in [0.2, 0.25) is 0 Å². The topological polar surface area (TPSA) is 21.3 Å². The molecule has 0 saturated heterocycles. The number of nitrogens with one attached hydrogen (secondary N) is 1. The third-order valence-electron chi connectivity index (χ3n) is 3.54. The molecule has 2 heteroatoms. The van der Waals surface area contributed by atoms with Crippen molar-refractivity contribution < 1.29 is 4.74 Å². The number of likely N-dealkylation sites (N-methyl/N-ethyl adjacent to an activating group) is 1. The highest BCUT2D eigenvalue weighted by Crippen LogP contribution is 2.35. The predicted octanol–water partition coefficient (Wildman–Crippen LogP) is 2.34. The normalized spacial score (nSPS) is 20.8. The standard InChI is InChI=1S/C14H21NO/c1-3-16-10-14(15-2)13-9-8-11-6-4-5-7-12(11)13/h4-7,13-15H,3,8-10H2,1-2H3. The lowest BCUT2D eigenvalue weighted by molar-refractivity contribution is 0.116. The molecule has 2 rings (SSSR count). The van der Waals surface area contributed by atoms with Gasteiger partial charge in [-0.1, -0.05) is 24.3 Å². The van der Waals surface area contributed by atoms with Crippen LogP contribution < -0.4 is 5.32 Å². The van der Waals surface area contributed by atoms with Gasteiger partial charge in [-0.2, -0.15) is 0 Å². The van der Waals surface area contributed by atoms with Crippen molar-refractivity contribution in [2.75, 3.05) is 20.3 Å². The second-order valence-electron chi connectivity index (χ2n) is 4.40. The first-order valence-corrected chi connectivity index (χ1v) is 6.19. The lowest BCUT2D eigenvalue weighted by Gasteiger charge is -2.23. The first-order valence-electron chi connectivity index (χ1n) is 6.19. The summed E-state index contributed by atoms with van der Waals surface area (Å²) in [5.74, 6) is 0.618. The molecule has 2 unspecified atom stereocenters. The van der Waals surface area contributed by atoms with Gasteiger partial charge < -0.3 is 10.1 Å². The molecule has 1 N–H and O–H groups in total. The molecule has 0 amide bonds. The third-order valence-corrected chi connectivity index (χ3v) is 3.54. The van der Waals surface area contributed by atoms with Crippen LogP contribution in [0.25, 0.3) is 0 Å². The molecule has 16 heavy (non-hydrogen) atoms. The van der Waals surface area contributed by atoms with E-state index in [0.717, 1.165) is 13.2 Å². The van der Waals surface area contributed by atoms with Crippen LogP contribution in [0.1, 0.15) is 30.4 Å². The minimum Gasteiger partial charge on any atom is -0.380 e. The zero-order chi connectivity index (χ0) is 11.4. The van der Waals surface area contributed by atoms with Crippen LogP contribution in [0.15, 0.2) is 24.3 Å². The van der Waals surface area contributed by atoms with Crippen molar-refractivity contribution in [2.45, 2.75) is 31.7 Å². The molecule has 0 heterocycles. The molecule has 1 aromatic rings. The van der Waals surface area contributed by atoms with Gasteiger partial charge >= 0.3 is 0 Å². The summed E-state index contributed by atoms with van der Waals surface area (Å²) in [7, 11) is 2.03. The van der Waals surface area contributed by atoms with Gasteiger partial charge in [0, 0.05) is 18.6 Å². The zero-order valence-corrected chi connectivity index (χ0v) is 10.2. The summed E-state index contributed by atoms with van der Waals surface area (Å²) in [5.41, 5.74) is 3.03. The van der Waals surface area contributed by atoms with E-state index in [1.807, 2.05) is 7.05 Å². The van der Waals surface area contributed by atoms with E-state index >= 15 is 0 Å². The van der Waals surface area contributed by atoms with E-state index in [-0.39, 0.29) is 0 Å². The Balaban J connectivity index is 2.10. The van der Waals surface area contributed by atoms with Crippen molar-refractivity contribution >= 4 is 0 Å². The quantitative estimate of drug-likeness (QED) is 0.820. The molecule has 0 spiro atoms. The Labute approximate surface area is 98.0 Å². The first-order chi connectivity index (χ1) is 7.86. The van der Waals surface area contributed by atoms with Crippen molar-refractivity contribution in [1.82, 2.24) is 5.32 Å². The SMILES string of the molecule is CCOCC(NC)C1CCc2ccccc21. The number of benzene rings is 1. The largest absolute Gasteiger partial charge is 0.380 e. The monoisotopic (exact) mass is 219 g/mol. The van der Waals surface area contributed by atoms with Gasteiger partial charge in [0.25, 0.3) is 0 Å². The molecule has 0 aromatic heterocycles. The molecule has 1 aliphatic rings. The fourth-order valence-corrected chi connectivity index (χ4v) is 2.65. The van der Waals surface area contributed by atoms with Crippen molar-refractivity contribution in [2.24, 2.45) is 0 Å². The minimum atomic E-state index is 0.448. The Kier molecular flexibility index (Phi) is 3.97. The van der Waals surface area contributed by atoms with Crippen LogP contribution in [0.2, 0.25) is 0 Å². The molecule has 0 saturated carbocycles. The van der Waals surface area contributed by atoms with Crippen LogP contribution in [0.4, 0.5) is 0 Å². The Morgan fingerprint density at radius 1 is 1.44 bits per heavy atom. The van der Waals surface area contributed by atoms with Crippen LogP contribution in [-0.4, -0.2) is 26.3 Å². The molecule has 88 valence electrons. The smallest absolute Gasteiger partial charge is 0.0625 e. The summed E-state index contributed by atoms with van der Waals surface area (Å²) in [6, 6.07) is 9.25. The number of fused-ring (bicyclic) bond motifs is 1. The molecule has 0 fully saturated rings. The number of hydrogen-bond donors (Lipinski definition) is 1. The molecule has 2 atom stereocenters. The van der Waals surface area contributed by atoms with E-state index in [9.17, 15) is 0 Å². The fraction of sp³-hybridized carbons (Fsp3) is 0.571. The van der Waals surface area contributed by atoms with E-state index in [0.29, 0.717) is 12.0 Å². The number of aryl methyl sites for hydroxylation is 1. The van der Waals surface area contributed by atoms with Crippen molar-refractivity contribution in [3.8, 4) is 0 Å². The van der Waals surface area contributed by atoms with Gasteiger partial charge in [-0.25, -0.2) is 0 Å². The maximum absolute atomic E-state index is 5.55. The molecule has 2 nitrogen and oxygen atoms in total. The summed E-state index contributed by atoms with van der Waals surface area (Å²) in [6.07, 6.45) is 2.46. The average molecular weight is 219 g/mol. The van der Waals surface area contributed by atoms with E-state index in [4.69, 9.17) is 4.74 Å². The highest BCUT2D eigenvalue weighted by atomic mass is 16.5. The van der Waals surface area contributed by atoms with E-state index in [1.54, 1.807) is 0 Å². The third kappa shape index (κ3) is 2.28. The molecular formula is C14H21NO. The number of rotatable bonds is 5. The highest BCUT2D eigenvalue weighted by molar-refractivity contribution is 5.36. The van der Waals surface area contributed by atoms with Crippen LogP contribution in [0.5, 0.6) is 0 Å². The van der Waals surface area contributed by atoms with Gasteiger partial charge in [-0.3, -0.25) is 0 Å². The summed E-state index contributed by atoms with van der Waals surface area (Å²) in [5, 5.41) is 3.39. The molecule has 0 radical (unpaired) electrons. The zero-order valence-electron chi connectivity index (χ0n) is 10.2. The average Bonchev–Trinajstić information content (AvgIpc) is 2.75. The van der Waals surface area contributed by atoms with Crippen molar-refractivity contribution in [3.63, 3.8) is 0 Å². The van der Waals surface area contributed by atoms with Gasteiger partial charge in [-0.15, -0.1) is 0 Å². The van der Waals surface area contributed by atoms with Crippen molar-refractivity contribution in [1.29, 1.82) is 0 Å². The highest BCUT2D eigenvalue weighted by Gasteiger charge is 2.28. The van der Waals surface area contributed by atoms with E-state index < -0.39 is 0 Å². The minimum absolute atomic E-state index is 0.448. The summed E-state index contributed by atoms with van der Waals surface area (Å²) in [6.45, 7) is 3.66. The Morgan fingerprint density at radius 2 is 2.25 bits per heavy atom. The molecule has 1 aliphatic carbocycles. The molecule has 1 aromatic carbocycles. The van der Waals surface area contributed by atoms with E-state index in [1.165, 1.54) is 24.0 Å². The van der Waals surface area contributed by atoms with Gasteiger partial charge in [-0.05, 0) is 37.9 Å². The Bertz CT molecular complexity index is 337. The Hall–Kier alpha value is -0.860. The van der Waals surface area contributed by atoms with Gasteiger partial charge in [0.1, 0.15) is 0 Å². The second kappa shape index (κ2) is 5.46. The summed E-state index contributed by atoms with van der Waals surface area (Å²) in [4.78, 5) is 0. The van der Waals surface area contributed by atoms with Crippen LogP contribution in [0.3, 0.4) is 0 Å². The fourth-order valence-electron chi connectivity index (χ4n) is 2.65. The second-order valence-corrected chi connectivity index (χ2v) is 4.40. The predicted molar refractivity (Wildman–Crippen MR) is 66.8 cm³/mol. The molecular weight excluding hydrogens is 198 g/mol. The maximum Gasteiger partial charge on any atom is 0.0625 e. The van der Waals surface area contributed by atoms with Gasteiger partial charge in [0.15, 0.2) is 0 Å². The van der Waals surface area contributed by atoms with Crippen LogP contribution >= 0.6 is 0 Å². The summed E-state index contributed by atoms with van der Waals surface area (Å²) < 4.78 is 5.55. The number of hydrogen-bond acceptors (Lipinski definition) is 2. The molecule has 0 bridgehead atoms. The lowest BCUT2D eigenvalue weighted by atomic mass is 9.94. The first kappa shape index (κ1) is 11.6. The van der Waals surface area contributed by atoms with Crippen LogP contribution in [0, 0.1) is 0 Å². The lowest BCUT2D eigenvalue weighted by Crippen LogP contribution is -2.35. The molecule has 0 aliphatic heterocycles. The van der Waals surface area contributed by atoms with Crippen LogP contribution in [-0.2, 0) is 11.2 Å².